The van der Waals surface area contributed by atoms with Crippen LogP contribution in [-0.4, -0.2) is 16.3 Å². The minimum Gasteiger partial charge on any atom is -0.310 e. The number of benzene rings is 1. The van der Waals surface area contributed by atoms with Crippen LogP contribution in [0.4, 0.5) is 4.39 Å². The van der Waals surface area contributed by atoms with Crippen LogP contribution in [0.3, 0.4) is 0 Å². The van der Waals surface area contributed by atoms with Crippen LogP contribution in [0.2, 0.25) is 5.02 Å². The largest absolute Gasteiger partial charge is 0.310 e. The number of likely N-dealkylation sites (N-methyl/N-ethyl adjacent to an activating group) is 1. The zero-order chi connectivity index (χ0) is 15.4. The number of hydrogen-bond acceptors (Lipinski definition) is 2. The minimum absolute atomic E-state index is 0.0475. The van der Waals surface area contributed by atoms with Crippen molar-refractivity contribution in [1.29, 1.82) is 0 Å². The Kier molecular flexibility index (Phi) is 5.37. The monoisotopic (exact) mass is 309 g/mol. The fourth-order valence-corrected chi connectivity index (χ4v) is 2.57. The molecule has 2 rings (SSSR count). The summed E-state index contributed by atoms with van der Waals surface area (Å²) in [5.41, 5.74) is 1.74. The van der Waals surface area contributed by atoms with Crippen LogP contribution in [0, 0.1) is 5.82 Å². The highest BCUT2D eigenvalue weighted by Gasteiger charge is 2.18. The average Bonchev–Trinajstić information content (AvgIpc) is 2.90. The summed E-state index contributed by atoms with van der Waals surface area (Å²) in [5, 5.41) is 8.09. The van der Waals surface area contributed by atoms with Crippen molar-refractivity contribution in [3.05, 3.63) is 52.6 Å². The maximum atomic E-state index is 13.6. The van der Waals surface area contributed by atoms with Crippen LogP contribution in [0.5, 0.6) is 0 Å². The summed E-state index contributed by atoms with van der Waals surface area (Å²) in [6, 6.07) is 7.20. The average molecular weight is 310 g/mol. The number of nitrogens with one attached hydrogen (secondary N) is 1. The molecule has 1 heterocycles. The maximum Gasteiger partial charge on any atom is 0.142 e. The summed E-state index contributed by atoms with van der Waals surface area (Å²) >= 11 is 6.10. The van der Waals surface area contributed by atoms with Gasteiger partial charge in [-0.05, 0) is 38.1 Å². The molecule has 0 fully saturated rings. The van der Waals surface area contributed by atoms with Crippen molar-refractivity contribution in [2.45, 2.75) is 39.3 Å². The lowest BCUT2D eigenvalue weighted by molar-refractivity contribution is 0.505. The molecule has 1 N–H and O–H groups in total. The molecule has 0 radical (unpaired) electrons. The first-order valence-corrected chi connectivity index (χ1v) is 7.62. The van der Waals surface area contributed by atoms with Gasteiger partial charge in [-0.15, -0.1) is 0 Å². The Hall–Kier alpha value is -1.39. The van der Waals surface area contributed by atoms with E-state index >= 15 is 0 Å². The van der Waals surface area contributed by atoms with Crippen LogP contribution in [0.25, 0.3) is 0 Å². The van der Waals surface area contributed by atoms with Gasteiger partial charge in [0.15, 0.2) is 0 Å². The van der Waals surface area contributed by atoms with E-state index in [2.05, 4.69) is 24.3 Å². The number of halogens is 2. The van der Waals surface area contributed by atoms with Crippen LogP contribution >= 0.6 is 11.6 Å². The number of rotatable bonds is 6. The minimum atomic E-state index is -0.384. The van der Waals surface area contributed by atoms with Gasteiger partial charge in [0, 0.05) is 24.7 Å². The quantitative estimate of drug-likeness (QED) is 0.868. The Labute approximate surface area is 130 Å². The SMILES string of the molecule is CCNC(Cc1ccn(C(C)C)n1)c1cccc(F)c1Cl. The molecule has 1 atom stereocenters. The Balaban J connectivity index is 2.24. The highest BCUT2D eigenvalue weighted by Crippen LogP contribution is 2.27. The lowest BCUT2D eigenvalue weighted by Gasteiger charge is -2.19. The molecular weight excluding hydrogens is 289 g/mol. The molecule has 21 heavy (non-hydrogen) atoms. The van der Waals surface area contributed by atoms with Crippen molar-refractivity contribution in [1.82, 2.24) is 15.1 Å². The molecule has 1 aromatic carbocycles. The summed E-state index contributed by atoms with van der Waals surface area (Å²) < 4.78 is 15.6. The first-order chi connectivity index (χ1) is 10.0. The summed E-state index contributed by atoms with van der Waals surface area (Å²) in [5.74, 6) is -0.384. The van der Waals surface area contributed by atoms with Crippen molar-refractivity contribution in [3.63, 3.8) is 0 Å². The number of nitrogens with zero attached hydrogens (tertiary/aromatic N) is 2. The molecule has 3 nitrogen and oxygen atoms in total. The van der Waals surface area contributed by atoms with E-state index in [0.717, 1.165) is 17.8 Å². The van der Waals surface area contributed by atoms with E-state index in [1.54, 1.807) is 6.07 Å². The molecule has 2 aromatic rings. The molecule has 1 aromatic heterocycles. The fourth-order valence-electron chi connectivity index (χ4n) is 2.31. The van der Waals surface area contributed by atoms with Crippen LogP contribution in [0.1, 0.15) is 44.1 Å². The van der Waals surface area contributed by atoms with Gasteiger partial charge in [0.2, 0.25) is 0 Å². The second-order valence-electron chi connectivity index (χ2n) is 5.34. The Bertz CT molecular complexity index is 595. The van der Waals surface area contributed by atoms with E-state index in [9.17, 15) is 4.39 Å². The predicted octanol–water partition coefficient (Wildman–Crippen LogP) is 4.15. The van der Waals surface area contributed by atoms with Gasteiger partial charge < -0.3 is 5.32 Å². The van der Waals surface area contributed by atoms with E-state index < -0.39 is 0 Å². The first-order valence-electron chi connectivity index (χ1n) is 7.24. The van der Waals surface area contributed by atoms with Gasteiger partial charge in [-0.3, -0.25) is 4.68 Å². The van der Waals surface area contributed by atoms with Crippen molar-refractivity contribution in [2.75, 3.05) is 6.54 Å². The van der Waals surface area contributed by atoms with Crippen molar-refractivity contribution in [3.8, 4) is 0 Å². The summed E-state index contributed by atoms with van der Waals surface area (Å²) in [6.45, 7) is 6.97. The smallest absolute Gasteiger partial charge is 0.142 e. The van der Waals surface area contributed by atoms with Gasteiger partial charge in [-0.1, -0.05) is 30.7 Å². The van der Waals surface area contributed by atoms with Crippen LogP contribution in [0.15, 0.2) is 30.5 Å². The van der Waals surface area contributed by atoms with E-state index in [1.807, 2.05) is 29.9 Å². The molecule has 0 aliphatic rings. The van der Waals surface area contributed by atoms with E-state index in [0.29, 0.717) is 12.5 Å². The lowest BCUT2D eigenvalue weighted by Crippen LogP contribution is -2.23. The Morgan fingerprint density at radius 2 is 2.10 bits per heavy atom. The van der Waals surface area contributed by atoms with Crippen molar-refractivity contribution in [2.24, 2.45) is 0 Å². The second kappa shape index (κ2) is 7.05. The second-order valence-corrected chi connectivity index (χ2v) is 5.72. The Morgan fingerprint density at radius 3 is 2.71 bits per heavy atom. The third-order valence-corrected chi connectivity index (χ3v) is 3.81. The third-order valence-electron chi connectivity index (χ3n) is 3.41. The van der Waals surface area contributed by atoms with E-state index in [-0.39, 0.29) is 16.9 Å². The number of hydrogen-bond donors (Lipinski definition) is 1. The first kappa shape index (κ1) is 16.0. The molecule has 0 spiro atoms. The zero-order valence-corrected chi connectivity index (χ0v) is 13.4. The molecule has 114 valence electrons. The molecule has 0 saturated carbocycles. The van der Waals surface area contributed by atoms with Gasteiger partial charge in [0.1, 0.15) is 5.82 Å². The zero-order valence-electron chi connectivity index (χ0n) is 12.6. The molecular formula is C16H21ClFN3. The van der Waals surface area contributed by atoms with Gasteiger partial charge in [0.25, 0.3) is 0 Å². The predicted molar refractivity (Wildman–Crippen MR) is 84.1 cm³/mol. The topological polar surface area (TPSA) is 29.9 Å². The molecule has 5 heteroatoms. The molecule has 0 bridgehead atoms. The van der Waals surface area contributed by atoms with Crippen molar-refractivity contribution >= 4 is 11.6 Å². The molecule has 0 aliphatic carbocycles. The Morgan fingerprint density at radius 1 is 1.33 bits per heavy atom. The summed E-state index contributed by atoms with van der Waals surface area (Å²) in [7, 11) is 0. The third kappa shape index (κ3) is 3.83. The van der Waals surface area contributed by atoms with Crippen molar-refractivity contribution < 1.29 is 4.39 Å². The normalized spacial score (nSPS) is 12.9. The van der Waals surface area contributed by atoms with Gasteiger partial charge >= 0.3 is 0 Å². The maximum absolute atomic E-state index is 13.6. The highest BCUT2D eigenvalue weighted by molar-refractivity contribution is 6.31. The van der Waals surface area contributed by atoms with Gasteiger partial charge in [-0.2, -0.15) is 5.10 Å². The molecule has 1 unspecified atom stereocenters. The molecule has 0 amide bonds. The molecule has 0 saturated heterocycles. The lowest BCUT2D eigenvalue weighted by atomic mass is 10.0. The fraction of sp³-hybridized carbons (Fsp3) is 0.438. The van der Waals surface area contributed by atoms with E-state index in [4.69, 9.17) is 11.6 Å². The van der Waals surface area contributed by atoms with Gasteiger partial charge in [-0.25, -0.2) is 4.39 Å². The van der Waals surface area contributed by atoms with Crippen LogP contribution < -0.4 is 5.32 Å². The van der Waals surface area contributed by atoms with Crippen LogP contribution in [-0.2, 0) is 6.42 Å². The summed E-state index contributed by atoms with van der Waals surface area (Å²) in [6.07, 6.45) is 2.65. The highest BCUT2D eigenvalue weighted by atomic mass is 35.5. The standard InChI is InChI=1S/C16H21ClFN3/c1-4-19-15(13-6-5-7-14(18)16(13)17)10-12-8-9-21(20-12)11(2)3/h5-9,11,15,19H,4,10H2,1-3H3. The van der Waals surface area contributed by atoms with E-state index in [1.165, 1.54) is 6.07 Å². The molecule has 0 aliphatic heterocycles. The number of aromatic nitrogens is 2. The van der Waals surface area contributed by atoms with Gasteiger partial charge in [0.05, 0.1) is 10.7 Å². The summed E-state index contributed by atoms with van der Waals surface area (Å²) in [4.78, 5) is 0.